The number of thioether (sulfide) groups is 1. The first-order chi connectivity index (χ1) is 26.1. The van der Waals surface area contributed by atoms with Crippen LogP contribution in [0.4, 0.5) is 45.3 Å². The summed E-state index contributed by atoms with van der Waals surface area (Å²) in [4.78, 5) is 23.0. The van der Waals surface area contributed by atoms with E-state index < -0.39 is 100 Å². The highest BCUT2D eigenvalue weighted by molar-refractivity contribution is 8.02. The lowest BCUT2D eigenvalue weighted by molar-refractivity contribution is -0.123. The van der Waals surface area contributed by atoms with Gasteiger partial charge >= 0.3 is 0 Å². The minimum Gasteiger partial charge on any atom is -0.378 e. The maximum atomic E-state index is 15.2. The molecular formula is C37H28ClF9N6O2S. The van der Waals surface area contributed by atoms with Crippen LogP contribution in [-0.2, 0) is 29.6 Å². The van der Waals surface area contributed by atoms with Crippen LogP contribution < -0.4 is 10.6 Å². The van der Waals surface area contributed by atoms with Crippen LogP contribution >= 0.6 is 23.4 Å². The number of aromatic nitrogens is 3. The van der Waals surface area contributed by atoms with Gasteiger partial charge in [0, 0.05) is 30.0 Å². The molecule has 8 nitrogen and oxygen atoms in total. The van der Waals surface area contributed by atoms with E-state index >= 15 is 8.78 Å². The second-order valence-corrected chi connectivity index (χ2v) is 16.0. The molecule has 2 aromatic carbocycles. The predicted octanol–water partition coefficient (Wildman–Crippen LogP) is 8.36. The Morgan fingerprint density at radius 2 is 1.71 bits per heavy atom. The number of nitrogens with one attached hydrogen (secondary N) is 2. The quantitative estimate of drug-likeness (QED) is 0.0679. The van der Waals surface area contributed by atoms with E-state index in [-0.39, 0.29) is 39.4 Å². The minimum atomic E-state index is -4.09. The largest absolute Gasteiger partial charge is 0.378 e. The number of pyridine rings is 1. The molecule has 2 atom stereocenters. The first kappa shape index (κ1) is 39.5. The molecule has 19 heteroatoms. The average molecular weight is 827 g/mol. The highest BCUT2D eigenvalue weighted by Gasteiger charge is 2.55. The number of carbonyl (C=O) groups is 1. The number of benzene rings is 2. The maximum Gasteiger partial charge on any atom is 0.290 e. The van der Waals surface area contributed by atoms with E-state index in [1.165, 1.54) is 32.0 Å². The predicted molar refractivity (Wildman–Crippen MR) is 188 cm³/mol. The molecule has 3 N–H and O–H groups in total. The van der Waals surface area contributed by atoms with Crippen molar-refractivity contribution in [3.63, 3.8) is 0 Å². The van der Waals surface area contributed by atoms with E-state index in [1.54, 1.807) is 6.07 Å². The van der Waals surface area contributed by atoms with Crippen LogP contribution in [0.1, 0.15) is 72.9 Å². The van der Waals surface area contributed by atoms with Gasteiger partial charge in [0.1, 0.15) is 46.8 Å². The summed E-state index contributed by atoms with van der Waals surface area (Å²) in [6.07, 6.45) is -6.94. The Balaban J connectivity index is 1.35. The van der Waals surface area contributed by atoms with Crippen molar-refractivity contribution in [3.05, 3.63) is 93.7 Å². The lowest BCUT2D eigenvalue weighted by atomic mass is 9.89. The number of hydrogen-bond acceptors (Lipinski definition) is 7. The summed E-state index contributed by atoms with van der Waals surface area (Å²) in [5.74, 6) is -6.47. The second kappa shape index (κ2) is 14.0. The van der Waals surface area contributed by atoms with E-state index in [2.05, 4.69) is 32.6 Å². The monoisotopic (exact) mass is 826 g/mol. The molecule has 7 rings (SSSR count). The Bertz CT molecular complexity index is 2350. The van der Waals surface area contributed by atoms with Crippen LogP contribution in [0.25, 0.3) is 11.1 Å². The molecule has 2 aliphatic heterocycles. The van der Waals surface area contributed by atoms with E-state index in [4.69, 9.17) is 16.6 Å². The van der Waals surface area contributed by atoms with Crippen LogP contribution in [0.5, 0.6) is 0 Å². The molecule has 0 radical (unpaired) electrons. The molecule has 2 aromatic heterocycles. The number of alkyl halides is 7. The summed E-state index contributed by atoms with van der Waals surface area (Å²) >= 11 is 7.76. The van der Waals surface area contributed by atoms with Crippen molar-refractivity contribution in [2.45, 2.75) is 78.8 Å². The van der Waals surface area contributed by atoms with Gasteiger partial charge in [-0.3, -0.25) is 14.5 Å². The molecular weight excluding hydrogens is 799 g/mol. The summed E-state index contributed by atoms with van der Waals surface area (Å²) in [7, 11) is 0. The number of amides is 1. The van der Waals surface area contributed by atoms with Crippen LogP contribution in [-0.4, -0.2) is 48.0 Å². The Morgan fingerprint density at radius 1 is 1.04 bits per heavy atom. The fraction of sp³-hybridized carbons (Fsp3) is 0.351. The van der Waals surface area contributed by atoms with Crippen molar-refractivity contribution >= 4 is 40.8 Å². The molecule has 2 unspecified atom stereocenters. The van der Waals surface area contributed by atoms with Crippen molar-refractivity contribution in [2.24, 2.45) is 4.99 Å². The Morgan fingerprint density at radius 3 is 2.36 bits per heavy atom. The molecule has 0 spiro atoms. The maximum absolute atomic E-state index is 15.2. The smallest absolute Gasteiger partial charge is 0.290 e. The fourth-order valence-electron chi connectivity index (χ4n) is 6.51. The van der Waals surface area contributed by atoms with Gasteiger partial charge in [-0.2, -0.15) is 13.9 Å². The average Bonchev–Trinajstić information content (AvgIpc) is 3.76. The van der Waals surface area contributed by atoms with E-state index in [9.17, 15) is 40.6 Å². The SMILES string of the molecule is CC(C)(O)C#CC1(Cl)Nc2nc(C(Cc3cc(F)cc(F)c3)NC(=O)Cn3nc(C(F)F)c4c3C(F)(F)CCC4(F)F)c(-c3ccc(F)c(C4=NC4)c3)cc2S1. The third kappa shape index (κ3) is 8.07. The molecule has 0 bridgehead atoms. The van der Waals surface area contributed by atoms with Crippen molar-refractivity contribution in [2.75, 3.05) is 11.9 Å². The summed E-state index contributed by atoms with van der Waals surface area (Å²) < 4.78 is 130. The van der Waals surface area contributed by atoms with Crippen molar-refractivity contribution in [3.8, 4) is 23.0 Å². The minimum absolute atomic E-state index is 0.0270. The number of anilines is 1. The Kier molecular flexibility index (Phi) is 9.90. The fourth-order valence-corrected chi connectivity index (χ4v) is 7.82. The highest BCUT2D eigenvalue weighted by Crippen LogP contribution is 2.53. The first-order valence-corrected chi connectivity index (χ1v) is 18.0. The Hall–Kier alpha value is -4.73. The first-order valence-electron chi connectivity index (χ1n) is 16.8. The van der Waals surface area contributed by atoms with Gasteiger partial charge in [0.15, 0.2) is 0 Å². The molecule has 0 fully saturated rings. The van der Waals surface area contributed by atoms with Crippen LogP contribution in [0.2, 0.25) is 0 Å². The zero-order valence-corrected chi connectivity index (χ0v) is 30.6. The number of rotatable bonds is 9. The zero-order chi connectivity index (χ0) is 40.5. The molecule has 1 aliphatic carbocycles. The van der Waals surface area contributed by atoms with Crippen molar-refractivity contribution < 1.29 is 49.4 Å². The molecule has 4 aromatic rings. The molecule has 3 aliphatic rings. The summed E-state index contributed by atoms with van der Waals surface area (Å²) in [6.45, 7) is 1.89. The molecule has 1 amide bonds. The summed E-state index contributed by atoms with van der Waals surface area (Å²) in [5.41, 5.74) is -5.12. The van der Waals surface area contributed by atoms with Gasteiger partial charge in [0.2, 0.25) is 10.2 Å². The number of hydrogen-bond donors (Lipinski definition) is 3. The third-order valence-corrected chi connectivity index (χ3v) is 10.4. The summed E-state index contributed by atoms with van der Waals surface area (Å²) in [6, 6.07) is 6.71. The molecule has 0 saturated heterocycles. The summed E-state index contributed by atoms with van der Waals surface area (Å²) in [5, 5.41) is 19.0. The highest BCUT2D eigenvalue weighted by atomic mass is 35.5. The van der Waals surface area contributed by atoms with Gasteiger partial charge in [0.05, 0.1) is 34.5 Å². The van der Waals surface area contributed by atoms with Gasteiger partial charge in [-0.15, -0.1) is 0 Å². The normalized spacial score (nSPS) is 19.6. The number of aliphatic hydroxyl groups is 1. The van der Waals surface area contributed by atoms with Crippen LogP contribution in [0.15, 0.2) is 52.4 Å². The van der Waals surface area contributed by atoms with Gasteiger partial charge in [-0.1, -0.05) is 35.3 Å². The lowest BCUT2D eigenvalue weighted by Crippen LogP contribution is -2.37. The number of carbonyl (C=O) groups excluding carboxylic acids is 1. The van der Waals surface area contributed by atoms with Crippen LogP contribution in [0, 0.1) is 29.3 Å². The zero-order valence-electron chi connectivity index (χ0n) is 29.1. The van der Waals surface area contributed by atoms with Gasteiger partial charge in [-0.05, 0) is 67.6 Å². The van der Waals surface area contributed by atoms with E-state index in [0.29, 0.717) is 22.2 Å². The number of nitrogens with zero attached hydrogens (tertiary/aromatic N) is 4. The second-order valence-electron chi connectivity index (χ2n) is 13.9. The van der Waals surface area contributed by atoms with E-state index in [1.807, 2.05) is 0 Å². The van der Waals surface area contributed by atoms with Gasteiger partial charge in [0.25, 0.3) is 18.3 Å². The lowest BCUT2D eigenvalue weighted by Gasteiger charge is -2.29. The van der Waals surface area contributed by atoms with Gasteiger partial charge in [-0.25, -0.2) is 35.7 Å². The number of fused-ring (bicyclic) bond motifs is 2. The standard InChI is InChI=1S/C37H28ClF9N6O2S/c1-34(2,55)5-8-37(38)51-33-26(56-37)14-21(18-3-4-23(41)22(12-18)25-15-48-25)29(50-33)24(11-17-9-19(39)13-20(40)10-17)49-27(54)16-53-31-28(30(52-53)32(42)43)35(44,45)6-7-36(31,46)47/h3-4,9-10,12-14,24,32,55H,6-7,11,15-16H2,1-2H3,(H,49,54)(H,50,51). The number of aliphatic imine (C=N–C) groups is 1. The van der Waals surface area contributed by atoms with Gasteiger partial charge < -0.3 is 15.7 Å². The van der Waals surface area contributed by atoms with Crippen molar-refractivity contribution in [1.29, 1.82) is 0 Å². The molecule has 0 saturated carbocycles. The van der Waals surface area contributed by atoms with Crippen LogP contribution in [0.3, 0.4) is 0 Å². The molecule has 294 valence electrons. The number of halogens is 10. The van der Waals surface area contributed by atoms with E-state index in [0.717, 1.165) is 23.9 Å². The molecule has 56 heavy (non-hydrogen) atoms. The molecule has 4 heterocycles. The third-order valence-electron chi connectivity index (χ3n) is 8.95. The Labute approximate surface area is 321 Å². The topological polar surface area (TPSA) is 104 Å². The van der Waals surface area contributed by atoms with Crippen molar-refractivity contribution in [1.82, 2.24) is 20.1 Å².